The molecule has 0 aliphatic rings. The van der Waals surface area contributed by atoms with E-state index in [0.717, 1.165) is 27.7 Å². The number of hydrogen-bond acceptors (Lipinski definition) is 7. The minimum absolute atomic E-state index is 0.597. The molecule has 22 heavy (non-hydrogen) atoms. The van der Waals surface area contributed by atoms with Gasteiger partial charge in [0.1, 0.15) is 0 Å². The number of hydrogen-bond donors (Lipinski definition) is 7. The van der Waals surface area contributed by atoms with Gasteiger partial charge in [-0.3, -0.25) is 23.8 Å². The van der Waals surface area contributed by atoms with Crippen molar-refractivity contribution in [2.45, 2.75) is 27.7 Å². The van der Waals surface area contributed by atoms with E-state index in [1.165, 1.54) is 0 Å². The van der Waals surface area contributed by atoms with Crippen LogP contribution in [0.15, 0.2) is 0 Å². The number of carboxylic acids is 4. The van der Waals surface area contributed by atoms with Crippen LogP contribution in [0.25, 0.3) is 0 Å². The molecule has 0 aromatic carbocycles. The highest BCUT2D eigenvalue weighted by molar-refractivity contribution is 6.04. The van der Waals surface area contributed by atoms with Crippen LogP contribution in [0.3, 0.4) is 0 Å². The molecule has 0 unspecified atom stereocenters. The highest BCUT2D eigenvalue weighted by atomic mass is 35.5. The van der Waals surface area contributed by atoms with Gasteiger partial charge in [0.15, 0.2) is 0 Å². The number of carboxylic acid groups (broad SMARTS) is 4. The predicted molar refractivity (Wildman–Crippen MR) is 79.4 cm³/mol. The molecule has 0 heterocycles. The molecule has 0 aliphatic heterocycles. The van der Waals surface area contributed by atoms with Gasteiger partial charge in [-0.25, -0.2) is 0 Å². The topological polar surface area (TPSA) is 221 Å². The molecule has 0 bridgehead atoms. The Morgan fingerprint density at radius 1 is 0.636 bits per heavy atom. The summed E-state index contributed by atoms with van der Waals surface area (Å²) in [5.74, 6) is -3.33. The minimum Gasteiger partial charge on any atom is -0.481 e. The maximum absolute atomic E-state index is 9.00. The summed E-state index contributed by atoms with van der Waals surface area (Å²) in [6.07, 6.45) is 0. The van der Waals surface area contributed by atoms with Crippen molar-refractivity contribution in [1.82, 2.24) is 0 Å². The predicted octanol–water partition coefficient (Wildman–Crippen LogP) is -0.600. The molecule has 0 spiro atoms. The fraction of sp³-hybridized carbons (Fsp3) is 0.600. The van der Waals surface area contributed by atoms with E-state index in [2.05, 4.69) is 11.9 Å². The number of aliphatic carboxylic acids is 4. The van der Waals surface area contributed by atoms with E-state index in [9.17, 15) is 0 Å². The van der Waals surface area contributed by atoms with Crippen LogP contribution in [-0.2, 0) is 19.2 Å². The van der Waals surface area contributed by atoms with E-state index in [0.29, 0.717) is 13.1 Å². The van der Waals surface area contributed by atoms with Crippen molar-refractivity contribution in [2.24, 2.45) is 11.5 Å². The van der Waals surface area contributed by atoms with Crippen LogP contribution >= 0.6 is 11.9 Å². The van der Waals surface area contributed by atoms with Gasteiger partial charge in [0.25, 0.3) is 23.9 Å². The first-order valence-corrected chi connectivity index (χ1v) is 5.53. The second kappa shape index (κ2) is 42.7. The number of halogens is 1. The maximum atomic E-state index is 9.00. The van der Waals surface area contributed by atoms with Gasteiger partial charge in [-0.05, 0) is 0 Å². The fourth-order valence-electron chi connectivity index (χ4n) is 0. The molecular weight excluding hydrogens is 328 g/mol. The molecular formula is C10H25ClN2O9. The zero-order valence-electron chi connectivity index (χ0n) is 12.8. The lowest BCUT2D eigenvalue weighted by Gasteiger charge is -1.72. The van der Waals surface area contributed by atoms with Gasteiger partial charge in [-0.2, -0.15) is 0 Å². The molecule has 12 heteroatoms. The van der Waals surface area contributed by atoms with Crippen molar-refractivity contribution in [3.63, 3.8) is 0 Å². The first kappa shape index (κ1) is 36.9. The smallest absolute Gasteiger partial charge is 0.300 e. The second-order valence-electron chi connectivity index (χ2n) is 2.65. The molecule has 11 nitrogen and oxygen atoms in total. The van der Waals surface area contributed by atoms with Crippen LogP contribution in [-0.4, -0.2) is 62.1 Å². The second-order valence-corrected chi connectivity index (χ2v) is 2.65. The third-order valence-electron chi connectivity index (χ3n) is 0.167. The van der Waals surface area contributed by atoms with Crippen LogP contribution in [0, 0.1) is 0 Å². The molecule has 9 N–H and O–H groups in total. The first-order valence-electron chi connectivity index (χ1n) is 5.20. The van der Waals surface area contributed by atoms with Crippen LogP contribution in [0.2, 0.25) is 0 Å². The Labute approximate surface area is 133 Å². The number of nitrogens with two attached hydrogens (primary N) is 2. The lowest BCUT2D eigenvalue weighted by Crippen LogP contribution is -2.11. The number of rotatable bonds is 1. The summed E-state index contributed by atoms with van der Waals surface area (Å²) in [5, 5.41) is 29.7. The summed E-state index contributed by atoms with van der Waals surface area (Å²) in [6, 6.07) is 0. The molecule has 0 aromatic rings. The van der Waals surface area contributed by atoms with E-state index in [-0.39, 0.29) is 0 Å². The Hall–Kier alpha value is -1.95. The zero-order chi connectivity index (χ0) is 19.7. The molecule has 0 rings (SSSR count). The van der Waals surface area contributed by atoms with Gasteiger partial charge in [0.05, 0.1) is 11.9 Å². The van der Waals surface area contributed by atoms with Gasteiger partial charge in [0, 0.05) is 40.8 Å². The van der Waals surface area contributed by atoms with E-state index in [1.807, 2.05) is 0 Å². The quantitative estimate of drug-likeness (QED) is 0.315. The molecule has 136 valence electrons. The Morgan fingerprint density at radius 2 is 0.682 bits per heavy atom. The average Bonchev–Trinajstić information content (AvgIpc) is 2.28. The summed E-state index contributed by atoms with van der Waals surface area (Å²) < 4.78 is 6.47. The van der Waals surface area contributed by atoms with Gasteiger partial charge in [-0.15, -0.1) is 0 Å². The lowest BCUT2D eigenvalue weighted by atomic mass is 10.7. The SMILES string of the molecule is CC(=O)O.CC(=O)O.CC(=O)O.CC(=O)O.NCCN.OCl. The lowest BCUT2D eigenvalue weighted by molar-refractivity contribution is -0.135. The summed E-state index contributed by atoms with van der Waals surface area (Å²) in [5.41, 5.74) is 9.81. The summed E-state index contributed by atoms with van der Waals surface area (Å²) in [6.45, 7) is 5.53. The molecule has 0 saturated heterocycles. The van der Waals surface area contributed by atoms with Gasteiger partial charge >= 0.3 is 0 Å². The monoisotopic (exact) mass is 352 g/mol. The van der Waals surface area contributed by atoms with Crippen molar-refractivity contribution in [1.29, 1.82) is 0 Å². The molecule has 0 saturated carbocycles. The Balaban J connectivity index is -0.0000000353. The molecule has 0 radical (unpaired) electrons. The van der Waals surface area contributed by atoms with E-state index in [1.54, 1.807) is 0 Å². The van der Waals surface area contributed by atoms with Gasteiger partial charge < -0.3 is 31.9 Å². The largest absolute Gasteiger partial charge is 0.481 e. The Bertz CT molecular complexity index is 197. The highest BCUT2D eigenvalue weighted by Crippen LogP contribution is 1.43. The Kier molecular flexibility index (Phi) is 71.6. The van der Waals surface area contributed by atoms with E-state index in [4.69, 9.17) is 55.7 Å². The standard InChI is InChI=1S/C2H8N2.4C2H4O2.ClHO/c3-1-2-4;4*1-2(3)4;1-2/h1-4H2;4*1H3,(H,3,4);2H. The summed E-state index contributed by atoms with van der Waals surface area (Å²) >= 11 is 3.64. The normalized spacial score (nSPS) is 6.18. The van der Waals surface area contributed by atoms with Gasteiger partial charge in [-0.1, -0.05) is 0 Å². The third-order valence-corrected chi connectivity index (χ3v) is 0.167. The van der Waals surface area contributed by atoms with Crippen molar-refractivity contribution in [3.05, 3.63) is 0 Å². The maximum Gasteiger partial charge on any atom is 0.300 e. The fourth-order valence-corrected chi connectivity index (χ4v) is 0. The van der Waals surface area contributed by atoms with Crippen LogP contribution in [0.5, 0.6) is 0 Å². The highest BCUT2D eigenvalue weighted by Gasteiger charge is 1.66. The minimum atomic E-state index is -0.833. The first-order chi connectivity index (χ1) is 9.84. The molecule has 0 atom stereocenters. The Morgan fingerprint density at radius 3 is 0.682 bits per heavy atom. The summed E-state index contributed by atoms with van der Waals surface area (Å²) in [7, 11) is 0. The number of carbonyl (C=O) groups is 4. The van der Waals surface area contributed by atoms with Crippen molar-refractivity contribution < 1.29 is 44.3 Å². The van der Waals surface area contributed by atoms with E-state index < -0.39 is 23.9 Å². The van der Waals surface area contributed by atoms with Crippen molar-refractivity contribution >= 4 is 35.7 Å². The molecule has 0 aliphatic carbocycles. The third kappa shape index (κ3) is 5810. The van der Waals surface area contributed by atoms with Crippen LogP contribution < -0.4 is 11.5 Å². The van der Waals surface area contributed by atoms with Gasteiger partial charge in [0.2, 0.25) is 0 Å². The average molecular weight is 353 g/mol. The van der Waals surface area contributed by atoms with Crippen molar-refractivity contribution in [3.8, 4) is 0 Å². The molecule has 0 aromatic heterocycles. The summed E-state index contributed by atoms with van der Waals surface area (Å²) in [4.78, 5) is 36.0. The van der Waals surface area contributed by atoms with Crippen molar-refractivity contribution in [2.75, 3.05) is 13.1 Å². The van der Waals surface area contributed by atoms with Crippen LogP contribution in [0.1, 0.15) is 27.7 Å². The van der Waals surface area contributed by atoms with E-state index >= 15 is 0 Å². The molecule has 0 amide bonds. The molecule has 0 fully saturated rings. The zero-order valence-corrected chi connectivity index (χ0v) is 13.6. The van der Waals surface area contributed by atoms with Crippen LogP contribution in [0.4, 0.5) is 0 Å².